The molecule has 0 atom stereocenters. The van der Waals surface area contributed by atoms with E-state index in [0.717, 1.165) is 5.56 Å². The summed E-state index contributed by atoms with van der Waals surface area (Å²) in [5, 5.41) is 0.600. The molecule has 0 aliphatic carbocycles. The van der Waals surface area contributed by atoms with Crippen LogP contribution in [-0.4, -0.2) is 0 Å². The molecule has 0 amide bonds. The van der Waals surface area contributed by atoms with Crippen LogP contribution in [-0.2, 0) is 6.54 Å². The highest BCUT2D eigenvalue weighted by Crippen LogP contribution is 2.22. The van der Waals surface area contributed by atoms with Crippen LogP contribution in [0.25, 0.3) is 0 Å². The van der Waals surface area contributed by atoms with Crippen LogP contribution in [0.1, 0.15) is 5.56 Å². The lowest BCUT2D eigenvalue weighted by atomic mass is 10.2. The summed E-state index contributed by atoms with van der Waals surface area (Å²) in [6.45, 7) is 0.645. The largest absolute Gasteiger partial charge is 0.407 e. The Kier molecular flexibility index (Phi) is 3.81. The maximum absolute atomic E-state index is 5.94. The highest BCUT2D eigenvalue weighted by atomic mass is 35.5. The van der Waals surface area contributed by atoms with Gasteiger partial charge in [-0.2, -0.15) is 5.48 Å². The third-order valence-electron chi connectivity index (χ3n) is 2.14. The smallest absolute Gasteiger partial charge is 0.165 e. The predicted molar refractivity (Wildman–Crippen MR) is 65.4 cm³/mol. The number of hydrogen-bond donors (Lipinski definition) is 1. The van der Waals surface area contributed by atoms with E-state index in [1.54, 1.807) is 6.07 Å². The molecule has 0 unspecified atom stereocenters. The Morgan fingerprint density at radius 1 is 0.938 bits per heavy atom. The fraction of sp³-hybridized carbons (Fsp3) is 0.0769. The van der Waals surface area contributed by atoms with Crippen molar-refractivity contribution < 1.29 is 4.84 Å². The van der Waals surface area contributed by atoms with E-state index in [9.17, 15) is 0 Å². The van der Waals surface area contributed by atoms with Gasteiger partial charge in [0.1, 0.15) is 0 Å². The molecule has 3 heteroatoms. The molecule has 0 heterocycles. The first-order valence-corrected chi connectivity index (χ1v) is 5.42. The molecule has 2 rings (SSSR count). The second-order valence-electron chi connectivity index (χ2n) is 3.34. The van der Waals surface area contributed by atoms with Gasteiger partial charge >= 0.3 is 0 Å². The van der Waals surface area contributed by atoms with Crippen molar-refractivity contribution in [1.29, 1.82) is 0 Å². The van der Waals surface area contributed by atoms with Crippen molar-refractivity contribution in [2.45, 2.75) is 6.54 Å². The van der Waals surface area contributed by atoms with Crippen LogP contribution in [0.4, 0.5) is 0 Å². The lowest BCUT2D eigenvalue weighted by Gasteiger charge is -2.08. The maximum Gasteiger partial charge on any atom is 0.165 e. The summed E-state index contributed by atoms with van der Waals surface area (Å²) in [4.78, 5) is 5.36. The number of rotatable bonds is 4. The zero-order valence-corrected chi connectivity index (χ0v) is 9.45. The van der Waals surface area contributed by atoms with Gasteiger partial charge in [-0.15, -0.1) is 0 Å². The number of hydroxylamine groups is 1. The Labute approximate surface area is 99.8 Å². The van der Waals surface area contributed by atoms with Gasteiger partial charge in [-0.3, -0.25) is 0 Å². The lowest BCUT2D eigenvalue weighted by Crippen LogP contribution is -2.17. The Bertz CT molecular complexity index is 445. The molecule has 0 aliphatic heterocycles. The van der Waals surface area contributed by atoms with Crippen molar-refractivity contribution in [3.05, 3.63) is 65.2 Å². The van der Waals surface area contributed by atoms with Gasteiger partial charge in [-0.1, -0.05) is 54.1 Å². The van der Waals surface area contributed by atoms with Crippen LogP contribution in [0.2, 0.25) is 5.02 Å². The van der Waals surface area contributed by atoms with E-state index in [4.69, 9.17) is 16.4 Å². The number of halogens is 1. The van der Waals surface area contributed by atoms with Crippen molar-refractivity contribution in [1.82, 2.24) is 5.48 Å². The molecule has 2 aromatic rings. The summed E-state index contributed by atoms with van der Waals surface area (Å²) in [5.41, 5.74) is 4.04. The number of para-hydroxylation sites is 1. The zero-order chi connectivity index (χ0) is 11.2. The molecule has 82 valence electrons. The molecule has 2 nitrogen and oxygen atoms in total. The van der Waals surface area contributed by atoms with Gasteiger partial charge in [-0.05, 0) is 17.7 Å². The van der Waals surface area contributed by atoms with Gasteiger partial charge in [-0.25, -0.2) is 0 Å². The van der Waals surface area contributed by atoms with E-state index in [-0.39, 0.29) is 0 Å². The quantitative estimate of drug-likeness (QED) is 0.817. The molecular formula is C13H12ClNO. The molecular weight excluding hydrogens is 222 g/mol. The van der Waals surface area contributed by atoms with E-state index >= 15 is 0 Å². The summed E-state index contributed by atoms with van der Waals surface area (Å²) in [6, 6.07) is 17.4. The van der Waals surface area contributed by atoms with E-state index in [1.165, 1.54) is 0 Å². The van der Waals surface area contributed by atoms with Crippen LogP contribution in [0.5, 0.6) is 5.75 Å². The molecule has 2 aromatic carbocycles. The topological polar surface area (TPSA) is 21.3 Å². The summed E-state index contributed by atoms with van der Waals surface area (Å²) in [6.07, 6.45) is 0. The van der Waals surface area contributed by atoms with Gasteiger partial charge in [0.2, 0.25) is 0 Å². The summed E-state index contributed by atoms with van der Waals surface area (Å²) >= 11 is 5.94. The molecule has 0 fully saturated rings. The Balaban J connectivity index is 1.87. The molecule has 0 saturated heterocycles. The van der Waals surface area contributed by atoms with Gasteiger partial charge in [0.25, 0.3) is 0 Å². The van der Waals surface area contributed by atoms with Crippen LogP contribution < -0.4 is 10.3 Å². The number of nitrogens with one attached hydrogen (secondary N) is 1. The molecule has 16 heavy (non-hydrogen) atoms. The van der Waals surface area contributed by atoms with E-state index in [0.29, 0.717) is 17.3 Å². The van der Waals surface area contributed by atoms with Gasteiger partial charge in [0, 0.05) is 0 Å². The van der Waals surface area contributed by atoms with Crippen LogP contribution in [0.3, 0.4) is 0 Å². The first kappa shape index (κ1) is 11.0. The van der Waals surface area contributed by atoms with Crippen molar-refractivity contribution in [3.63, 3.8) is 0 Å². The summed E-state index contributed by atoms with van der Waals surface area (Å²) in [5.74, 6) is 0.639. The molecule has 0 spiro atoms. The predicted octanol–water partition coefficient (Wildman–Crippen LogP) is 3.42. The Hall–Kier alpha value is -1.51. The number of benzene rings is 2. The molecule has 1 N–H and O–H groups in total. The lowest BCUT2D eigenvalue weighted by molar-refractivity contribution is 0.191. The normalized spacial score (nSPS) is 10.1. The van der Waals surface area contributed by atoms with Gasteiger partial charge < -0.3 is 4.84 Å². The average Bonchev–Trinajstić information content (AvgIpc) is 2.33. The average molecular weight is 234 g/mol. The molecule has 0 radical (unpaired) electrons. The minimum Gasteiger partial charge on any atom is -0.407 e. The summed E-state index contributed by atoms with van der Waals surface area (Å²) < 4.78 is 0. The van der Waals surface area contributed by atoms with E-state index < -0.39 is 0 Å². The molecule has 0 aromatic heterocycles. The van der Waals surface area contributed by atoms with Crippen LogP contribution in [0, 0.1) is 0 Å². The Morgan fingerprint density at radius 3 is 2.38 bits per heavy atom. The molecule has 0 saturated carbocycles. The van der Waals surface area contributed by atoms with Crippen molar-refractivity contribution in [3.8, 4) is 5.75 Å². The third kappa shape index (κ3) is 2.99. The zero-order valence-electron chi connectivity index (χ0n) is 8.69. The maximum atomic E-state index is 5.94. The van der Waals surface area contributed by atoms with E-state index in [2.05, 4.69) is 5.48 Å². The fourth-order valence-electron chi connectivity index (χ4n) is 1.32. The van der Waals surface area contributed by atoms with Crippen LogP contribution in [0.15, 0.2) is 54.6 Å². The second-order valence-corrected chi connectivity index (χ2v) is 3.75. The fourth-order valence-corrected chi connectivity index (χ4v) is 1.49. The SMILES string of the molecule is Clc1ccccc1ONCc1ccccc1. The van der Waals surface area contributed by atoms with Gasteiger partial charge in [0.15, 0.2) is 5.75 Å². The van der Waals surface area contributed by atoms with Gasteiger partial charge in [0.05, 0.1) is 11.6 Å². The van der Waals surface area contributed by atoms with Crippen LogP contribution >= 0.6 is 11.6 Å². The van der Waals surface area contributed by atoms with Crippen molar-refractivity contribution in [2.75, 3.05) is 0 Å². The molecule has 0 aliphatic rings. The highest BCUT2D eigenvalue weighted by molar-refractivity contribution is 6.32. The third-order valence-corrected chi connectivity index (χ3v) is 2.45. The first-order valence-electron chi connectivity index (χ1n) is 5.04. The minimum absolute atomic E-state index is 0.600. The summed E-state index contributed by atoms with van der Waals surface area (Å²) in [7, 11) is 0. The number of hydrogen-bond acceptors (Lipinski definition) is 2. The highest BCUT2D eigenvalue weighted by Gasteiger charge is 1.99. The van der Waals surface area contributed by atoms with Crippen molar-refractivity contribution in [2.24, 2.45) is 0 Å². The minimum atomic E-state index is 0.600. The standard InChI is InChI=1S/C13H12ClNO/c14-12-8-4-5-9-13(12)16-15-10-11-6-2-1-3-7-11/h1-9,15H,10H2. The Morgan fingerprint density at radius 2 is 1.62 bits per heavy atom. The molecule has 0 bridgehead atoms. The first-order chi connectivity index (χ1) is 7.86. The second kappa shape index (κ2) is 5.54. The van der Waals surface area contributed by atoms with Crippen molar-refractivity contribution >= 4 is 11.6 Å². The van der Waals surface area contributed by atoms with E-state index in [1.807, 2.05) is 48.5 Å². The monoisotopic (exact) mass is 233 g/mol.